The topological polar surface area (TPSA) is 59.1 Å². The van der Waals surface area contributed by atoms with Crippen molar-refractivity contribution in [2.45, 2.75) is 31.3 Å². The quantitative estimate of drug-likeness (QED) is 0.849. The highest BCUT2D eigenvalue weighted by molar-refractivity contribution is 9.10. The molecule has 0 aliphatic carbocycles. The lowest BCUT2D eigenvalue weighted by molar-refractivity contribution is 0.489. The molecule has 1 heterocycles. The average Bonchev–Trinajstić information content (AvgIpc) is 2.04. The number of pyridine rings is 1. The van der Waals surface area contributed by atoms with Gasteiger partial charge in [-0.05, 0) is 48.8 Å². The summed E-state index contributed by atoms with van der Waals surface area (Å²) in [5.41, 5.74) is -0.567. The van der Waals surface area contributed by atoms with Crippen LogP contribution in [0.15, 0.2) is 21.6 Å². The van der Waals surface area contributed by atoms with Crippen LogP contribution in [0.3, 0.4) is 0 Å². The van der Waals surface area contributed by atoms with E-state index < -0.39 is 15.6 Å². The number of nitrogens with one attached hydrogen (secondary N) is 1. The van der Waals surface area contributed by atoms with Crippen LogP contribution in [0.5, 0.6) is 0 Å². The molecule has 0 aromatic carbocycles. The predicted molar refractivity (Wildman–Crippen MR) is 67.0 cm³/mol. The van der Waals surface area contributed by atoms with Crippen molar-refractivity contribution in [2.75, 3.05) is 0 Å². The maximum absolute atomic E-state index is 12.0. The summed E-state index contributed by atoms with van der Waals surface area (Å²) in [6, 6.07) is 3.06. The van der Waals surface area contributed by atoms with E-state index in [4.69, 9.17) is 11.6 Å². The Balaban J connectivity index is 3.22. The maximum atomic E-state index is 12.0. The summed E-state index contributed by atoms with van der Waals surface area (Å²) in [7, 11) is -3.66. The van der Waals surface area contributed by atoms with Crippen LogP contribution in [-0.4, -0.2) is 18.9 Å². The molecule has 1 aromatic rings. The summed E-state index contributed by atoms with van der Waals surface area (Å²) in [6.07, 6.45) is 0. The number of sulfonamides is 1. The third-order valence-corrected chi connectivity index (χ3v) is 4.29. The first-order chi connectivity index (χ1) is 7.12. The Morgan fingerprint density at radius 1 is 1.38 bits per heavy atom. The second-order valence-corrected chi connectivity index (χ2v) is 7.12. The summed E-state index contributed by atoms with van der Waals surface area (Å²) in [5.74, 6) is 0. The van der Waals surface area contributed by atoms with Gasteiger partial charge in [0.25, 0.3) is 10.0 Å². The highest BCUT2D eigenvalue weighted by atomic mass is 79.9. The lowest BCUT2D eigenvalue weighted by Gasteiger charge is -2.20. The van der Waals surface area contributed by atoms with Crippen molar-refractivity contribution in [3.63, 3.8) is 0 Å². The van der Waals surface area contributed by atoms with Crippen LogP contribution in [0.4, 0.5) is 0 Å². The summed E-state index contributed by atoms with van der Waals surface area (Å²) in [5, 5.41) is 0.0346. The maximum Gasteiger partial charge on any atom is 0.259 e. The number of hydrogen-bond acceptors (Lipinski definition) is 3. The van der Waals surface area contributed by atoms with Gasteiger partial charge in [0.1, 0.15) is 5.15 Å². The largest absolute Gasteiger partial charge is 0.259 e. The molecule has 0 saturated carbocycles. The molecule has 0 saturated heterocycles. The van der Waals surface area contributed by atoms with Crippen LogP contribution in [0.25, 0.3) is 0 Å². The van der Waals surface area contributed by atoms with Crippen LogP contribution in [-0.2, 0) is 10.0 Å². The van der Waals surface area contributed by atoms with Gasteiger partial charge in [0.2, 0.25) is 0 Å². The van der Waals surface area contributed by atoms with Crippen molar-refractivity contribution in [3.8, 4) is 0 Å². The Bertz CT molecular complexity index is 497. The van der Waals surface area contributed by atoms with Gasteiger partial charge < -0.3 is 0 Å². The van der Waals surface area contributed by atoms with Crippen molar-refractivity contribution in [2.24, 2.45) is 0 Å². The molecule has 1 aromatic heterocycles. The second kappa shape index (κ2) is 4.60. The van der Waals surface area contributed by atoms with Crippen molar-refractivity contribution in [1.29, 1.82) is 0 Å². The fourth-order valence-corrected chi connectivity index (χ4v) is 3.54. The molecule has 90 valence electrons. The minimum atomic E-state index is -3.66. The Kier molecular flexibility index (Phi) is 3.99. The Morgan fingerprint density at radius 3 is 2.44 bits per heavy atom. The molecule has 0 bridgehead atoms. The first-order valence-corrected chi connectivity index (χ1v) is 7.13. The Morgan fingerprint density at radius 2 is 1.94 bits per heavy atom. The second-order valence-electron chi connectivity index (χ2n) is 4.28. The van der Waals surface area contributed by atoms with Gasteiger partial charge in [0.05, 0.1) is 4.47 Å². The highest BCUT2D eigenvalue weighted by Gasteiger charge is 2.25. The normalized spacial score (nSPS) is 12.8. The minimum absolute atomic E-state index is 0.102. The molecular weight excluding hydrogens is 316 g/mol. The lowest BCUT2D eigenvalue weighted by atomic mass is 10.1. The molecule has 0 atom stereocenters. The molecule has 0 aliphatic rings. The third kappa shape index (κ3) is 3.69. The van der Waals surface area contributed by atoms with Crippen LogP contribution >= 0.6 is 27.5 Å². The van der Waals surface area contributed by atoms with Crippen molar-refractivity contribution >= 4 is 37.6 Å². The fourth-order valence-electron chi connectivity index (χ4n) is 1.04. The highest BCUT2D eigenvalue weighted by Crippen LogP contribution is 2.22. The average molecular weight is 328 g/mol. The zero-order chi connectivity index (χ0) is 12.6. The summed E-state index contributed by atoms with van der Waals surface area (Å²) in [4.78, 5) is 3.80. The van der Waals surface area contributed by atoms with Crippen molar-refractivity contribution in [3.05, 3.63) is 21.8 Å². The van der Waals surface area contributed by atoms with E-state index in [2.05, 4.69) is 25.6 Å². The summed E-state index contributed by atoms with van der Waals surface area (Å²) >= 11 is 8.80. The van der Waals surface area contributed by atoms with Crippen LogP contribution < -0.4 is 4.72 Å². The van der Waals surface area contributed by atoms with Crippen LogP contribution in [0.2, 0.25) is 5.15 Å². The van der Waals surface area contributed by atoms with Gasteiger partial charge in [-0.3, -0.25) is 0 Å². The number of hydrogen-bond donors (Lipinski definition) is 1. The molecular formula is C9H12BrClN2O2S. The Labute approximate surface area is 109 Å². The number of aromatic nitrogens is 1. The number of nitrogens with zero attached hydrogens (tertiary/aromatic N) is 1. The summed E-state index contributed by atoms with van der Waals surface area (Å²) in [6.45, 7) is 5.26. The van der Waals surface area contributed by atoms with Crippen molar-refractivity contribution in [1.82, 2.24) is 9.71 Å². The first kappa shape index (κ1) is 13.9. The monoisotopic (exact) mass is 326 g/mol. The number of rotatable bonds is 2. The third-order valence-electron chi connectivity index (χ3n) is 1.47. The molecule has 7 heteroatoms. The van der Waals surface area contributed by atoms with E-state index >= 15 is 0 Å². The lowest BCUT2D eigenvalue weighted by Crippen LogP contribution is -2.40. The van der Waals surface area contributed by atoms with E-state index in [9.17, 15) is 8.42 Å². The van der Waals surface area contributed by atoms with E-state index in [0.29, 0.717) is 4.47 Å². The Hall–Kier alpha value is -0.170. The molecule has 16 heavy (non-hydrogen) atoms. The predicted octanol–water partition coefficient (Wildman–Crippen LogP) is 2.57. The molecule has 4 nitrogen and oxygen atoms in total. The molecule has 0 unspecified atom stereocenters. The molecule has 0 radical (unpaired) electrons. The minimum Gasteiger partial charge on any atom is -0.222 e. The number of halogens is 2. The van der Waals surface area contributed by atoms with Gasteiger partial charge in [-0.2, -0.15) is 0 Å². The fraction of sp³-hybridized carbons (Fsp3) is 0.444. The van der Waals surface area contributed by atoms with E-state index in [1.165, 1.54) is 6.07 Å². The molecule has 1 N–H and O–H groups in total. The standard InChI is InChI=1S/C9H12BrClN2O2S/c1-9(2,3)13-16(14,15)8-6(10)4-5-7(11)12-8/h4-5,13H,1-3H3. The molecule has 0 amide bonds. The molecule has 0 aliphatic heterocycles. The van der Waals surface area contributed by atoms with Gasteiger partial charge >= 0.3 is 0 Å². The van der Waals surface area contributed by atoms with Gasteiger partial charge in [-0.25, -0.2) is 18.1 Å². The van der Waals surface area contributed by atoms with Crippen molar-refractivity contribution < 1.29 is 8.42 Å². The van der Waals surface area contributed by atoms with Crippen LogP contribution in [0.1, 0.15) is 20.8 Å². The smallest absolute Gasteiger partial charge is 0.222 e. The van der Waals surface area contributed by atoms with Crippen LogP contribution in [0, 0.1) is 0 Å². The zero-order valence-electron chi connectivity index (χ0n) is 9.08. The summed E-state index contributed by atoms with van der Waals surface area (Å²) < 4.78 is 26.8. The molecule has 1 rings (SSSR count). The van der Waals surface area contributed by atoms with Gasteiger partial charge in [-0.15, -0.1) is 0 Å². The first-order valence-electron chi connectivity index (χ1n) is 4.48. The molecule has 0 spiro atoms. The van der Waals surface area contributed by atoms with E-state index in [1.807, 2.05) is 0 Å². The van der Waals surface area contributed by atoms with E-state index in [-0.39, 0.29) is 10.2 Å². The molecule has 0 fully saturated rings. The van der Waals surface area contributed by atoms with Gasteiger partial charge in [-0.1, -0.05) is 11.6 Å². The zero-order valence-corrected chi connectivity index (χ0v) is 12.2. The van der Waals surface area contributed by atoms with E-state index in [0.717, 1.165) is 0 Å². The van der Waals surface area contributed by atoms with Gasteiger partial charge in [0.15, 0.2) is 5.03 Å². The van der Waals surface area contributed by atoms with E-state index in [1.54, 1.807) is 26.8 Å². The SMILES string of the molecule is CC(C)(C)NS(=O)(=O)c1nc(Cl)ccc1Br. The van der Waals surface area contributed by atoms with Gasteiger partial charge in [0, 0.05) is 5.54 Å².